The average molecular weight is 356 g/mol. The van der Waals surface area contributed by atoms with Crippen LogP contribution < -0.4 is 4.74 Å². The molecule has 0 bridgehead atoms. The minimum atomic E-state index is 0.102. The van der Waals surface area contributed by atoms with Crippen LogP contribution in [-0.4, -0.2) is 49.1 Å². The van der Waals surface area contributed by atoms with Crippen LogP contribution >= 0.6 is 15.9 Å². The van der Waals surface area contributed by atoms with E-state index in [0.29, 0.717) is 13.5 Å². The summed E-state index contributed by atoms with van der Waals surface area (Å²) in [6, 6.07) is 8.46. The third kappa shape index (κ3) is 3.59. The van der Waals surface area contributed by atoms with Crippen molar-refractivity contribution in [1.29, 1.82) is 0 Å². The first-order valence-corrected chi connectivity index (χ1v) is 8.63. The highest BCUT2D eigenvalue weighted by molar-refractivity contribution is 9.09. The Bertz CT molecular complexity index is 441. The van der Waals surface area contributed by atoms with Crippen LogP contribution in [0.15, 0.2) is 24.3 Å². The largest absolute Gasteiger partial charge is 0.494 e. The fourth-order valence-corrected chi connectivity index (χ4v) is 3.13. The Morgan fingerprint density at radius 3 is 2.52 bits per heavy atom. The molecule has 0 N–H and O–H groups in total. The van der Waals surface area contributed by atoms with E-state index in [-0.39, 0.29) is 5.54 Å². The zero-order valence-electron chi connectivity index (χ0n) is 12.2. The standard InChI is InChI=1S/C16H22BrNO3/c17-8-1-9-21-15-4-2-14(3-5-15)6-7-16-10-19-12-18(16)13-20-11-16/h2-5H,1,6-13H2. The Morgan fingerprint density at radius 1 is 1.14 bits per heavy atom. The normalized spacial score (nSPS) is 20.6. The van der Waals surface area contributed by atoms with Gasteiger partial charge in [-0.2, -0.15) is 0 Å². The summed E-state index contributed by atoms with van der Waals surface area (Å²) in [7, 11) is 0. The summed E-state index contributed by atoms with van der Waals surface area (Å²) < 4.78 is 16.9. The minimum Gasteiger partial charge on any atom is -0.494 e. The number of hydrogen-bond acceptors (Lipinski definition) is 4. The lowest BCUT2D eigenvalue weighted by molar-refractivity contribution is 0.0695. The van der Waals surface area contributed by atoms with E-state index in [0.717, 1.165) is 50.2 Å². The summed E-state index contributed by atoms with van der Waals surface area (Å²) in [6.07, 6.45) is 3.15. The van der Waals surface area contributed by atoms with Crippen LogP contribution in [-0.2, 0) is 15.9 Å². The highest BCUT2D eigenvalue weighted by atomic mass is 79.9. The molecule has 2 aliphatic heterocycles. The van der Waals surface area contributed by atoms with Crippen molar-refractivity contribution < 1.29 is 14.2 Å². The van der Waals surface area contributed by atoms with Gasteiger partial charge in [0.05, 0.1) is 25.4 Å². The zero-order chi connectivity index (χ0) is 14.5. The Hall–Kier alpha value is -0.620. The van der Waals surface area contributed by atoms with Crippen LogP contribution in [0.3, 0.4) is 0 Å². The van der Waals surface area contributed by atoms with Crippen molar-refractivity contribution in [3.05, 3.63) is 29.8 Å². The molecular formula is C16H22BrNO3. The molecule has 0 aromatic heterocycles. The second kappa shape index (κ2) is 7.09. The number of ether oxygens (including phenoxy) is 3. The number of benzene rings is 1. The van der Waals surface area contributed by atoms with Gasteiger partial charge in [0, 0.05) is 5.33 Å². The fourth-order valence-electron chi connectivity index (χ4n) is 2.90. The SMILES string of the molecule is BrCCCOc1ccc(CCC23COCN2COC3)cc1. The van der Waals surface area contributed by atoms with Gasteiger partial charge < -0.3 is 14.2 Å². The molecule has 0 saturated carbocycles. The van der Waals surface area contributed by atoms with Gasteiger partial charge in [-0.05, 0) is 37.0 Å². The molecule has 4 nitrogen and oxygen atoms in total. The number of nitrogens with zero attached hydrogens (tertiary/aromatic N) is 1. The quantitative estimate of drug-likeness (QED) is 0.555. The molecule has 0 aliphatic carbocycles. The van der Waals surface area contributed by atoms with Gasteiger partial charge in [0.25, 0.3) is 0 Å². The van der Waals surface area contributed by atoms with Crippen molar-refractivity contribution in [1.82, 2.24) is 4.90 Å². The molecule has 2 heterocycles. The zero-order valence-corrected chi connectivity index (χ0v) is 13.8. The van der Waals surface area contributed by atoms with E-state index in [1.807, 2.05) is 0 Å². The van der Waals surface area contributed by atoms with E-state index < -0.39 is 0 Å². The number of hydrogen-bond donors (Lipinski definition) is 0. The molecule has 0 atom stereocenters. The topological polar surface area (TPSA) is 30.9 Å². The second-order valence-corrected chi connectivity index (χ2v) is 6.55. The highest BCUT2D eigenvalue weighted by Gasteiger charge is 2.45. The van der Waals surface area contributed by atoms with E-state index in [1.165, 1.54) is 5.56 Å². The van der Waals surface area contributed by atoms with Crippen LogP contribution in [0.4, 0.5) is 0 Å². The Kier molecular flexibility index (Phi) is 5.16. The first kappa shape index (κ1) is 15.3. The highest BCUT2D eigenvalue weighted by Crippen LogP contribution is 2.32. The van der Waals surface area contributed by atoms with Crippen molar-refractivity contribution >= 4 is 15.9 Å². The summed E-state index contributed by atoms with van der Waals surface area (Å²) in [5.41, 5.74) is 1.45. The number of alkyl halides is 1. The van der Waals surface area contributed by atoms with E-state index in [4.69, 9.17) is 14.2 Å². The lowest BCUT2D eigenvalue weighted by atomic mass is 9.93. The molecule has 0 unspecified atom stereocenters. The van der Waals surface area contributed by atoms with Crippen molar-refractivity contribution in [3.63, 3.8) is 0 Å². The molecular weight excluding hydrogens is 334 g/mol. The lowest BCUT2D eigenvalue weighted by Crippen LogP contribution is -2.43. The molecule has 0 radical (unpaired) electrons. The van der Waals surface area contributed by atoms with Gasteiger partial charge in [-0.25, -0.2) is 4.90 Å². The van der Waals surface area contributed by atoms with Gasteiger partial charge in [-0.1, -0.05) is 28.1 Å². The van der Waals surface area contributed by atoms with Crippen LogP contribution in [0.5, 0.6) is 5.75 Å². The maximum Gasteiger partial charge on any atom is 0.119 e. The average Bonchev–Trinajstić information content (AvgIpc) is 3.06. The predicted octanol–water partition coefficient (Wildman–Crippen LogP) is 2.80. The molecule has 116 valence electrons. The van der Waals surface area contributed by atoms with E-state index >= 15 is 0 Å². The van der Waals surface area contributed by atoms with Crippen molar-refractivity contribution in [2.45, 2.75) is 24.8 Å². The Morgan fingerprint density at radius 2 is 1.86 bits per heavy atom. The molecule has 2 saturated heterocycles. The number of fused-ring (bicyclic) bond motifs is 1. The van der Waals surface area contributed by atoms with E-state index in [9.17, 15) is 0 Å². The number of rotatable bonds is 7. The van der Waals surface area contributed by atoms with Crippen LogP contribution in [0.2, 0.25) is 0 Å². The van der Waals surface area contributed by atoms with Crippen molar-refractivity contribution in [2.24, 2.45) is 0 Å². The predicted molar refractivity (Wildman–Crippen MR) is 84.9 cm³/mol. The van der Waals surface area contributed by atoms with Gasteiger partial charge in [-0.15, -0.1) is 0 Å². The van der Waals surface area contributed by atoms with Gasteiger partial charge in [-0.3, -0.25) is 0 Å². The summed E-state index contributed by atoms with van der Waals surface area (Å²) in [5, 5.41) is 0.980. The maximum absolute atomic E-state index is 5.67. The minimum absolute atomic E-state index is 0.102. The molecule has 5 heteroatoms. The maximum atomic E-state index is 5.67. The third-order valence-electron chi connectivity index (χ3n) is 4.26. The van der Waals surface area contributed by atoms with Gasteiger partial charge in [0.2, 0.25) is 0 Å². The van der Waals surface area contributed by atoms with E-state index in [2.05, 4.69) is 45.1 Å². The second-order valence-electron chi connectivity index (χ2n) is 5.75. The molecule has 2 aliphatic rings. The summed E-state index contributed by atoms with van der Waals surface area (Å²) in [6.45, 7) is 3.76. The van der Waals surface area contributed by atoms with Gasteiger partial charge in [0.15, 0.2) is 0 Å². The molecule has 1 aromatic rings. The summed E-state index contributed by atoms with van der Waals surface area (Å²) >= 11 is 3.40. The first-order chi connectivity index (χ1) is 10.3. The van der Waals surface area contributed by atoms with Crippen LogP contribution in [0.25, 0.3) is 0 Å². The molecule has 0 amide bonds. The molecule has 2 fully saturated rings. The fraction of sp³-hybridized carbons (Fsp3) is 0.625. The third-order valence-corrected chi connectivity index (χ3v) is 4.82. The first-order valence-electron chi connectivity index (χ1n) is 7.51. The molecule has 1 aromatic carbocycles. The van der Waals surface area contributed by atoms with Crippen molar-refractivity contribution in [2.75, 3.05) is 38.6 Å². The van der Waals surface area contributed by atoms with Gasteiger partial charge >= 0.3 is 0 Å². The van der Waals surface area contributed by atoms with Gasteiger partial charge in [0.1, 0.15) is 19.2 Å². The molecule has 21 heavy (non-hydrogen) atoms. The number of aryl methyl sites for hydroxylation is 1. The van der Waals surface area contributed by atoms with Crippen LogP contribution in [0, 0.1) is 0 Å². The van der Waals surface area contributed by atoms with Crippen LogP contribution in [0.1, 0.15) is 18.4 Å². The lowest BCUT2D eigenvalue weighted by Gasteiger charge is -2.27. The Labute approximate surface area is 134 Å². The van der Waals surface area contributed by atoms with Crippen molar-refractivity contribution in [3.8, 4) is 5.75 Å². The molecule has 3 rings (SSSR count). The molecule has 0 spiro atoms. The van der Waals surface area contributed by atoms with E-state index in [1.54, 1.807) is 0 Å². The summed E-state index contributed by atoms with van der Waals surface area (Å²) in [5.74, 6) is 0.952. The summed E-state index contributed by atoms with van der Waals surface area (Å²) in [4.78, 5) is 2.31. The number of halogens is 1. The smallest absolute Gasteiger partial charge is 0.119 e. The Balaban J connectivity index is 1.51. The monoisotopic (exact) mass is 355 g/mol.